The van der Waals surface area contributed by atoms with E-state index in [1.54, 1.807) is 13.2 Å². The number of piperidine rings is 1. The van der Waals surface area contributed by atoms with Gasteiger partial charge in [0.25, 0.3) is 5.91 Å². The van der Waals surface area contributed by atoms with Crippen LogP contribution in [0.25, 0.3) is 0 Å². The number of carbonyl (C=O) groups excluding carboxylic acids is 1. The van der Waals surface area contributed by atoms with E-state index in [0.29, 0.717) is 23.4 Å². The quantitative estimate of drug-likeness (QED) is 0.817. The highest BCUT2D eigenvalue weighted by Crippen LogP contribution is 2.44. The molecule has 2 fully saturated rings. The predicted molar refractivity (Wildman–Crippen MR) is 63.9 cm³/mol. The third kappa shape index (κ3) is 1.69. The van der Waals surface area contributed by atoms with Gasteiger partial charge in [0.1, 0.15) is 5.75 Å². The zero-order chi connectivity index (χ0) is 12.0. The third-order valence-electron chi connectivity index (χ3n) is 3.86. The van der Waals surface area contributed by atoms with E-state index in [1.807, 2.05) is 23.1 Å². The summed E-state index contributed by atoms with van der Waals surface area (Å²) < 4.78 is 5.12. The minimum Gasteiger partial charge on any atom is -0.497 e. The van der Waals surface area contributed by atoms with Crippen LogP contribution in [-0.4, -0.2) is 37.0 Å². The molecule has 3 rings (SSSR count). The Kier molecular flexibility index (Phi) is 2.33. The number of nitrogens with zero attached hydrogens (tertiary/aromatic N) is 1. The lowest BCUT2D eigenvalue weighted by atomic mass is 10.2. The van der Waals surface area contributed by atoms with Crippen molar-refractivity contribution >= 4 is 5.91 Å². The second kappa shape index (κ2) is 3.74. The van der Waals surface area contributed by atoms with E-state index in [4.69, 9.17) is 10.5 Å². The van der Waals surface area contributed by atoms with Crippen molar-refractivity contribution in [2.75, 3.05) is 20.2 Å². The molecule has 2 N–H and O–H groups in total. The number of carbonyl (C=O) groups is 1. The molecule has 1 aromatic carbocycles. The molecule has 1 saturated carbocycles. The van der Waals surface area contributed by atoms with Crippen molar-refractivity contribution in [3.8, 4) is 5.75 Å². The van der Waals surface area contributed by atoms with E-state index in [1.165, 1.54) is 0 Å². The van der Waals surface area contributed by atoms with Gasteiger partial charge < -0.3 is 15.4 Å². The van der Waals surface area contributed by atoms with Gasteiger partial charge in [-0.05, 0) is 30.0 Å². The number of methoxy groups -OCH3 is 1. The van der Waals surface area contributed by atoms with Crippen LogP contribution in [0, 0.1) is 11.8 Å². The van der Waals surface area contributed by atoms with Crippen molar-refractivity contribution in [2.45, 2.75) is 6.04 Å². The number of hydrogen-bond acceptors (Lipinski definition) is 3. The first-order valence-electron chi connectivity index (χ1n) is 5.89. The lowest BCUT2D eigenvalue weighted by Gasteiger charge is -2.19. The van der Waals surface area contributed by atoms with E-state index in [9.17, 15) is 4.79 Å². The first-order valence-corrected chi connectivity index (χ1v) is 5.89. The first-order chi connectivity index (χ1) is 8.20. The number of likely N-dealkylation sites (tertiary alicyclic amines) is 1. The highest BCUT2D eigenvalue weighted by atomic mass is 16.5. The van der Waals surface area contributed by atoms with Crippen LogP contribution in [0.2, 0.25) is 0 Å². The Morgan fingerprint density at radius 3 is 2.76 bits per heavy atom. The molecule has 2 atom stereocenters. The van der Waals surface area contributed by atoms with E-state index in [-0.39, 0.29) is 5.91 Å². The van der Waals surface area contributed by atoms with Gasteiger partial charge in [-0.3, -0.25) is 4.79 Å². The highest BCUT2D eigenvalue weighted by Gasteiger charge is 2.54. The molecule has 1 aliphatic heterocycles. The van der Waals surface area contributed by atoms with Crippen LogP contribution in [0.1, 0.15) is 10.4 Å². The van der Waals surface area contributed by atoms with Gasteiger partial charge in [0.2, 0.25) is 0 Å². The van der Waals surface area contributed by atoms with E-state index >= 15 is 0 Å². The highest BCUT2D eigenvalue weighted by molar-refractivity contribution is 5.95. The summed E-state index contributed by atoms with van der Waals surface area (Å²) in [4.78, 5) is 14.1. The number of rotatable bonds is 2. The first kappa shape index (κ1) is 10.6. The molecule has 1 aromatic rings. The number of benzene rings is 1. The molecule has 0 aromatic heterocycles. The van der Waals surface area contributed by atoms with Gasteiger partial charge in [0, 0.05) is 24.7 Å². The van der Waals surface area contributed by atoms with Gasteiger partial charge in [-0.2, -0.15) is 0 Å². The number of hydrogen-bond donors (Lipinski definition) is 1. The SMILES string of the molecule is COc1cccc(C(=O)N2CC3C(N)C3C2)c1. The topological polar surface area (TPSA) is 55.6 Å². The van der Waals surface area contributed by atoms with Crippen LogP contribution in [0.3, 0.4) is 0 Å². The average molecular weight is 232 g/mol. The monoisotopic (exact) mass is 232 g/mol. The summed E-state index contributed by atoms with van der Waals surface area (Å²) in [5.74, 6) is 1.87. The molecule has 4 heteroatoms. The van der Waals surface area contributed by atoms with Gasteiger partial charge in [-0.25, -0.2) is 0 Å². The van der Waals surface area contributed by atoms with Gasteiger partial charge >= 0.3 is 0 Å². The molecule has 1 amide bonds. The fraction of sp³-hybridized carbons (Fsp3) is 0.462. The molecule has 2 unspecified atom stereocenters. The third-order valence-corrected chi connectivity index (χ3v) is 3.86. The summed E-state index contributed by atoms with van der Waals surface area (Å²) >= 11 is 0. The Balaban J connectivity index is 1.74. The largest absolute Gasteiger partial charge is 0.497 e. The Bertz CT molecular complexity index is 448. The zero-order valence-electron chi connectivity index (χ0n) is 9.80. The Labute approximate surface area is 100 Å². The maximum absolute atomic E-state index is 12.2. The Morgan fingerprint density at radius 2 is 2.12 bits per heavy atom. The molecule has 1 aliphatic carbocycles. The lowest BCUT2D eigenvalue weighted by Crippen LogP contribution is -2.33. The van der Waals surface area contributed by atoms with E-state index in [0.717, 1.165) is 18.8 Å². The van der Waals surface area contributed by atoms with Crippen LogP contribution in [0.5, 0.6) is 5.75 Å². The fourth-order valence-electron chi connectivity index (χ4n) is 2.68. The second-order valence-electron chi connectivity index (χ2n) is 4.85. The normalized spacial score (nSPS) is 30.0. The van der Waals surface area contributed by atoms with E-state index < -0.39 is 0 Å². The summed E-state index contributed by atoms with van der Waals surface area (Å²) in [5.41, 5.74) is 6.55. The van der Waals surface area contributed by atoms with Gasteiger partial charge in [0.05, 0.1) is 7.11 Å². The number of ether oxygens (including phenoxy) is 1. The molecule has 0 spiro atoms. The van der Waals surface area contributed by atoms with Crippen LogP contribution in [0.15, 0.2) is 24.3 Å². The van der Waals surface area contributed by atoms with Crippen molar-refractivity contribution in [1.29, 1.82) is 0 Å². The van der Waals surface area contributed by atoms with Crippen molar-refractivity contribution in [1.82, 2.24) is 4.90 Å². The van der Waals surface area contributed by atoms with Gasteiger partial charge in [-0.15, -0.1) is 0 Å². The molecule has 0 bridgehead atoms. The van der Waals surface area contributed by atoms with Gasteiger partial charge in [-0.1, -0.05) is 6.07 Å². The molecule has 2 aliphatic rings. The van der Waals surface area contributed by atoms with Crippen LogP contribution in [0.4, 0.5) is 0 Å². The summed E-state index contributed by atoms with van der Waals surface area (Å²) in [5, 5.41) is 0. The van der Waals surface area contributed by atoms with Gasteiger partial charge in [0.15, 0.2) is 0 Å². The summed E-state index contributed by atoms with van der Waals surface area (Å²) in [6.45, 7) is 1.61. The summed E-state index contributed by atoms with van der Waals surface area (Å²) in [7, 11) is 1.60. The minimum atomic E-state index is 0.0864. The molecular formula is C13H16N2O2. The van der Waals surface area contributed by atoms with Crippen LogP contribution >= 0.6 is 0 Å². The molecular weight excluding hydrogens is 216 g/mol. The number of nitrogens with two attached hydrogens (primary N) is 1. The average Bonchev–Trinajstić information content (AvgIpc) is 2.82. The molecule has 90 valence electrons. The standard InChI is InChI=1S/C13H16N2O2/c1-17-9-4-2-3-8(5-9)13(16)15-6-10-11(7-15)12(10)14/h2-5,10-12H,6-7,14H2,1H3. The van der Waals surface area contributed by atoms with E-state index in [2.05, 4.69) is 0 Å². The molecule has 1 saturated heterocycles. The summed E-state index contributed by atoms with van der Waals surface area (Å²) in [6.07, 6.45) is 0. The Morgan fingerprint density at radius 1 is 1.41 bits per heavy atom. The predicted octanol–water partition coefficient (Wildman–Crippen LogP) is 0.724. The maximum atomic E-state index is 12.2. The van der Waals surface area contributed by atoms with Crippen LogP contribution < -0.4 is 10.5 Å². The molecule has 17 heavy (non-hydrogen) atoms. The smallest absolute Gasteiger partial charge is 0.254 e. The van der Waals surface area contributed by atoms with Crippen molar-refractivity contribution in [3.05, 3.63) is 29.8 Å². The lowest BCUT2D eigenvalue weighted by molar-refractivity contribution is 0.0773. The van der Waals surface area contributed by atoms with Crippen molar-refractivity contribution in [3.63, 3.8) is 0 Å². The molecule has 0 radical (unpaired) electrons. The fourth-order valence-corrected chi connectivity index (χ4v) is 2.68. The van der Waals surface area contributed by atoms with Crippen molar-refractivity contribution < 1.29 is 9.53 Å². The maximum Gasteiger partial charge on any atom is 0.254 e. The number of fused-ring (bicyclic) bond motifs is 1. The number of amides is 1. The Hall–Kier alpha value is -1.55. The molecule has 1 heterocycles. The minimum absolute atomic E-state index is 0.0864. The van der Waals surface area contributed by atoms with Crippen LogP contribution in [-0.2, 0) is 0 Å². The zero-order valence-corrected chi connectivity index (χ0v) is 9.80. The molecule has 4 nitrogen and oxygen atoms in total. The van der Waals surface area contributed by atoms with Crippen molar-refractivity contribution in [2.24, 2.45) is 17.6 Å². The summed E-state index contributed by atoms with van der Waals surface area (Å²) in [6, 6.07) is 7.62. The second-order valence-corrected chi connectivity index (χ2v) is 4.85.